The van der Waals surface area contributed by atoms with Crippen LogP contribution in [-0.2, 0) is 6.54 Å². The molecule has 100 valence electrons. The van der Waals surface area contributed by atoms with Gasteiger partial charge in [-0.1, -0.05) is 30.3 Å². The van der Waals surface area contributed by atoms with Crippen molar-refractivity contribution in [2.45, 2.75) is 13.5 Å². The van der Waals surface area contributed by atoms with Crippen molar-refractivity contribution in [1.82, 2.24) is 4.57 Å². The highest BCUT2D eigenvalue weighted by Crippen LogP contribution is 2.25. The second kappa shape index (κ2) is 4.81. The fourth-order valence-corrected chi connectivity index (χ4v) is 2.49. The molecule has 4 nitrogen and oxygen atoms in total. The number of hydrogen-bond donors (Lipinski definition) is 0. The lowest BCUT2D eigenvalue weighted by Gasteiger charge is -2.08. The third kappa shape index (κ3) is 2.16. The van der Waals surface area contributed by atoms with E-state index in [1.54, 1.807) is 12.1 Å². The number of hydrogen-bond acceptors (Lipinski definition) is 2. The number of nitro groups is 1. The van der Waals surface area contributed by atoms with Crippen molar-refractivity contribution in [2.24, 2.45) is 0 Å². The van der Waals surface area contributed by atoms with E-state index in [0.717, 1.165) is 23.1 Å². The van der Waals surface area contributed by atoms with Gasteiger partial charge in [-0.25, -0.2) is 0 Å². The largest absolute Gasteiger partial charge is 0.340 e. The van der Waals surface area contributed by atoms with Crippen molar-refractivity contribution < 1.29 is 4.92 Å². The summed E-state index contributed by atoms with van der Waals surface area (Å²) in [7, 11) is 0. The lowest BCUT2D eigenvalue weighted by atomic mass is 10.2. The standard InChI is InChI=1S/C16H14N2O2/c1-12-9-14-10-15(18(19)20)7-8-16(14)17(12)11-13-5-3-2-4-6-13/h2-10H,11H2,1H3. The quantitative estimate of drug-likeness (QED) is 0.533. The Balaban J connectivity index is 2.07. The zero-order valence-corrected chi connectivity index (χ0v) is 11.1. The van der Waals surface area contributed by atoms with Gasteiger partial charge in [-0.2, -0.15) is 0 Å². The Bertz CT molecular complexity index is 776. The Labute approximate surface area is 116 Å². The molecule has 0 aliphatic carbocycles. The van der Waals surface area contributed by atoms with Crippen LogP contribution in [0.15, 0.2) is 54.6 Å². The number of aromatic nitrogens is 1. The minimum Gasteiger partial charge on any atom is -0.340 e. The maximum absolute atomic E-state index is 10.8. The molecule has 0 radical (unpaired) electrons. The molecule has 0 aliphatic heterocycles. The van der Waals surface area contributed by atoms with Gasteiger partial charge in [0.15, 0.2) is 0 Å². The van der Waals surface area contributed by atoms with E-state index in [9.17, 15) is 10.1 Å². The van der Waals surface area contributed by atoms with Crippen LogP contribution < -0.4 is 0 Å². The first-order valence-corrected chi connectivity index (χ1v) is 6.43. The lowest BCUT2D eigenvalue weighted by molar-refractivity contribution is -0.384. The topological polar surface area (TPSA) is 48.1 Å². The molecule has 20 heavy (non-hydrogen) atoms. The Morgan fingerprint density at radius 3 is 2.55 bits per heavy atom. The lowest BCUT2D eigenvalue weighted by Crippen LogP contribution is -2.01. The summed E-state index contributed by atoms with van der Waals surface area (Å²) in [6, 6.07) is 17.2. The number of fused-ring (bicyclic) bond motifs is 1. The van der Waals surface area contributed by atoms with Gasteiger partial charge in [-0.05, 0) is 24.6 Å². The molecule has 2 aromatic carbocycles. The molecular formula is C16H14N2O2. The third-order valence-electron chi connectivity index (χ3n) is 3.49. The van der Waals surface area contributed by atoms with Crippen molar-refractivity contribution in [1.29, 1.82) is 0 Å². The Kier molecular flexibility index (Phi) is 2.99. The maximum Gasteiger partial charge on any atom is 0.270 e. The number of benzene rings is 2. The van der Waals surface area contributed by atoms with Crippen LogP contribution in [0.1, 0.15) is 11.3 Å². The number of non-ortho nitro benzene ring substituents is 1. The summed E-state index contributed by atoms with van der Waals surface area (Å²) < 4.78 is 2.17. The summed E-state index contributed by atoms with van der Waals surface area (Å²) in [5.74, 6) is 0. The average Bonchev–Trinajstić information content (AvgIpc) is 2.75. The van der Waals surface area contributed by atoms with Crippen LogP contribution in [0.3, 0.4) is 0 Å². The van der Waals surface area contributed by atoms with Crippen LogP contribution >= 0.6 is 0 Å². The molecule has 3 rings (SSSR count). The fourth-order valence-electron chi connectivity index (χ4n) is 2.49. The molecule has 0 unspecified atom stereocenters. The fraction of sp³-hybridized carbons (Fsp3) is 0.125. The van der Waals surface area contributed by atoms with E-state index in [2.05, 4.69) is 16.7 Å². The van der Waals surface area contributed by atoms with Gasteiger partial charge in [0.05, 0.1) is 4.92 Å². The van der Waals surface area contributed by atoms with Gasteiger partial charge in [0, 0.05) is 35.3 Å². The molecule has 0 saturated carbocycles. The van der Waals surface area contributed by atoms with E-state index in [4.69, 9.17) is 0 Å². The second-order valence-corrected chi connectivity index (χ2v) is 4.86. The smallest absolute Gasteiger partial charge is 0.270 e. The van der Waals surface area contributed by atoms with Crippen LogP contribution in [0, 0.1) is 17.0 Å². The van der Waals surface area contributed by atoms with Gasteiger partial charge in [0.25, 0.3) is 5.69 Å². The number of nitrogens with zero attached hydrogens (tertiary/aromatic N) is 2. The van der Waals surface area contributed by atoms with Crippen LogP contribution in [0.25, 0.3) is 10.9 Å². The van der Waals surface area contributed by atoms with E-state index in [-0.39, 0.29) is 10.6 Å². The van der Waals surface area contributed by atoms with Crippen molar-refractivity contribution >= 4 is 16.6 Å². The third-order valence-corrected chi connectivity index (χ3v) is 3.49. The zero-order chi connectivity index (χ0) is 14.1. The second-order valence-electron chi connectivity index (χ2n) is 4.86. The maximum atomic E-state index is 10.8. The molecule has 3 aromatic rings. The molecule has 0 fully saturated rings. The van der Waals surface area contributed by atoms with Gasteiger partial charge < -0.3 is 4.57 Å². The molecule has 1 heterocycles. The first-order valence-electron chi connectivity index (χ1n) is 6.43. The highest BCUT2D eigenvalue weighted by molar-refractivity contribution is 5.83. The predicted octanol–water partition coefficient (Wildman–Crippen LogP) is 3.91. The monoisotopic (exact) mass is 266 g/mol. The Hall–Kier alpha value is -2.62. The highest BCUT2D eigenvalue weighted by atomic mass is 16.6. The number of nitro benzene ring substituents is 1. The van der Waals surface area contributed by atoms with Gasteiger partial charge in [0.2, 0.25) is 0 Å². The molecule has 0 saturated heterocycles. The normalized spacial score (nSPS) is 10.8. The van der Waals surface area contributed by atoms with Crippen LogP contribution in [0.5, 0.6) is 0 Å². The summed E-state index contributed by atoms with van der Waals surface area (Å²) >= 11 is 0. The molecule has 0 N–H and O–H groups in total. The molecule has 0 aliphatic rings. The van der Waals surface area contributed by atoms with Crippen molar-refractivity contribution in [2.75, 3.05) is 0 Å². The van der Waals surface area contributed by atoms with Gasteiger partial charge in [-0.15, -0.1) is 0 Å². The molecule has 1 aromatic heterocycles. The Morgan fingerprint density at radius 2 is 1.85 bits per heavy atom. The minimum atomic E-state index is -0.358. The molecule has 4 heteroatoms. The highest BCUT2D eigenvalue weighted by Gasteiger charge is 2.11. The zero-order valence-electron chi connectivity index (χ0n) is 11.1. The van der Waals surface area contributed by atoms with Crippen molar-refractivity contribution in [3.8, 4) is 0 Å². The summed E-state index contributed by atoms with van der Waals surface area (Å²) in [5.41, 5.74) is 3.47. The summed E-state index contributed by atoms with van der Waals surface area (Å²) in [6.45, 7) is 2.79. The first kappa shape index (κ1) is 12.4. The minimum absolute atomic E-state index is 0.134. The van der Waals surface area contributed by atoms with E-state index in [1.165, 1.54) is 5.56 Å². The van der Waals surface area contributed by atoms with Crippen LogP contribution in [0.2, 0.25) is 0 Å². The average molecular weight is 266 g/mol. The number of aryl methyl sites for hydroxylation is 1. The van der Waals surface area contributed by atoms with Gasteiger partial charge in [0.1, 0.15) is 0 Å². The number of rotatable bonds is 3. The predicted molar refractivity (Wildman–Crippen MR) is 78.9 cm³/mol. The SMILES string of the molecule is Cc1cc2cc([N+](=O)[O-])ccc2n1Cc1ccccc1. The molecule has 0 atom stereocenters. The van der Waals surface area contributed by atoms with Crippen molar-refractivity contribution in [3.05, 3.63) is 76.0 Å². The molecule has 0 amide bonds. The van der Waals surface area contributed by atoms with Crippen LogP contribution in [-0.4, -0.2) is 9.49 Å². The summed E-state index contributed by atoms with van der Waals surface area (Å²) in [5, 5.41) is 11.7. The first-order chi connectivity index (χ1) is 9.65. The van der Waals surface area contributed by atoms with E-state index in [0.29, 0.717) is 0 Å². The van der Waals surface area contributed by atoms with E-state index >= 15 is 0 Å². The van der Waals surface area contributed by atoms with Crippen molar-refractivity contribution in [3.63, 3.8) is 0 Å². The van der Waals surface area contributed by atoms with Gasteiger partial charge >= 0.3 is 0 Å². The summed E-state index contributed by atoms with van der Waals surface area (Å²) in [6.07, 6.45) is 0. The van der Waals surface area contributed by atoms with Gasteiger partial charge in [-0.3, -0.25) is 10.1 Å². The van der Waals surface area contributed by atoms with E-state index < -0.39 is 0 Å². The molecular weight excluding hydrogens is 252 g/mol. The Morgan fingerprint density at radius 1 is 1.10 bits per heavy atom. The van der Waals surface area contributed by atoms with Crippen LogP contribution in [0.4, 0.5) is 5.69 Å². The summed E-state index contributed by atoms with van der Waals surface area (Å²) in [4.78, 5) is 10.5. The molecule has 0 bridgehead atoms. The van der Waals surface area contributed by atoms with E-state index in [1.807, 2.05) is 37.3 Å². The molecule has 0 spiro atoms.